The Morgan fingerprint density at radius 2 is 1.94 bits per heavy atom. The van der Waals surface area contributed by atoms with Crippen LogP contribution in [0.15, 0.2) is 42.5 Å². The zero-order valence-corrected chi connectivity index (χ0v) is 18.5. The summed E-state index contributed by atoms with van der Waals surface area (Å²) >= 11 is 6.47. The minimum atomic E-state index is -0.871. The minimum Gasteiger partial charge on any atom is -0.481 e. The van der Waals surface area contributed by atoms with Crippen LogP contribution < -0.4 is 5.32 Å². The first-order valence-electron chi connectivity index (χ1n) is 10.2. The van der Waals surface area contributed by atoms with Crippen molar-refractivity contribution >= 4 is 34.4 Å². The SMILES string of the molecule is Cc1ccc2c(cc(C(=O)NC3(c4ccc(C(C)C(=O)O)cc4)CCOC3)n2C)c1Cl. The van der Waals surface area contributed by atoms with Gasteiger partial charge in [-0.3, -0.25) is 9.59 Å². The third-order valence-electron chi connectivity index (χ3n) is 6.29. The Kier molecular flexibility index (Phi) is 5.54. The molecule has 2 heterocycles. The molecule has 2 unspecified atom stereocenters. The number of hydrogen-bond acceptors (Lipinski definition) is 3. The van der Waals surface area contributed by atoms with E-state index in [1.165, 1.54) is 0 Å². The van der Waals surface area contributed by atoms with Gasteiger partial charge in [0, 0.05) is 31.0 Å². The fourth-order valence-electron chi connectivity index (χ4n) is 4.18. The van der Waals surface area contributed by atoms with Gasteiger partial charge in [0.15, 0.2) is 0 Å². The van der Waals surface area contributed by atoms with Crippen molar-refractivity contribution in [2.24, 2.45) is 7.05 Å². The maximum atomic E-state index is 13.3. The number of hydrogen-bond donors (Lipinski definition) is 2. The first-order chi connectivity index (χ1) is 14.7. The van der Waals surface area contributed by atoms with Crippen LogP contribution >= 0.6 is 11.6 Å². The Bertz CT molecular complexity index is 1160. The van der Waals surface area contributed by atoms with E-state index in [2.05, 4.69) is 5.32 Å². The molecule has 1 aliphatic heterocycles. The van der Waals surface area contributed by atoms with Crippen LogP contribution in [0.3, 0.4) is 0 Å². The van der Waals surface area contributed by atoms with Gasteiger partial charge in [0.2, 0.25) is 0 Å². The molecule has 0 aliphatic carbocycles. The molecule has 1 aliphatic rings. The fraction of sp³-hybridized carbons (Fsp3) is 0.333. The quantitative estimate of drug-likeness (QED) is 0.617. The van der Waals surface area contributed by atoms with Gasteiger partial charge in [-0.15, -0.1) is 0 Å². The van der Waals surface area contributed by atoms with Crippen LogP contribution in [-0.2, 0) is 22.1 Å². The number of aliphatic carboxylic acids is 1. The molecule has 0 radical (unpaired) electrons. The first-order valence-corrected chi connectivity index (χ1v) is 10.6. The van der Waals surface area contributed by atoms with Crippen LogP contribution in [0.25, 0.3) is 10.9 Å². The molecule has 6 nitrogen and oxygen atoms in total. The average Bonchev–Trinajstić information content (AvgIpc) is 3.36. The standard InChI is InChI=1S/C24H25ClN2O4/c1-14-4-9-19-18(21(14)25)12-20(27(19)3)22(28)26-24(10-11-31-13-24)17-7-5-16(6-8-17)15(2)23(29)30/h4-9,12,15H,10-11,13H2,1-3H3,(H,26,28)(H,29,30). The van der Waals surface area contributed by atoms with Gasteiger partial charge < -0.3 is 19.7 Å². The van der Waals surface area contributed by atoms with Crippen LogP contribution in [0.1, 0.15) is 46.4 Å². The van der Waals surface area contributed by atoms with Gasteiger partial charge in [0.25, 0.3) is 5.91 Å². The fourth-order valence-corrected chi connectivity index (χ4v) is 4.40. The Labute approximate surface area is 185 Å². The van der Waals surface area contributed by atoms with Crippen molar-refractivity contribution in [3.05, 3.63) is 69.9 Å². The third kappa shape index (κ3) is 3.70. The highest BCUT2D eigenvalue weighted by molar-refractivity contribution is 6.36. The maximum absolute atomic E-state index is 13.3. The molecule has 31 heavy (non-hydrogen) atoms. The monoisotopic (exact) mass is 440 g/mol. The summed E-state index contributed by atoms with van der Waals surface area (Å²) in [7, 11) is 1.85. The number of carboxylic acids is 1. The number of carbonyl (C=O) groups excluding carboxylic acids is 1. The largest absolute Gasteiger partial charge is 0.481 e. The van der Waals surface area contributed by atoms with Crippen molar-refractivity contribution in [3.8, 4) is 0 Å². The van der Waals surface area contributed by atoms with Crippen molar-refractivity contribution in [2.75, 3.05) is 13.2 Å². The van der Waals surface area contributed by atoms with Gasteiger partial charge in [-0.1, -0.05) is 41.9 Å². The Hall–Kier alpha value is -2.83. The Morgan fingerprint density at radius 3 is 2.55 bits per heavy atom. The topological polar surface area (TPSA) is 80.6 Å². The lowest BCUT2D eigenvalue weighted by Gasteiger charge is -2.30. The van der Waals surface area contributed by atoms with E-state index in [1.807, 2.05) is 48.9 Å². The Balaban J connectivity index is 1.67. The average molecular weight is 441 g/mol. The number of aryl methyl sites for hydroxylation is 2. The van der Waals surface area contributed by atoms with E-state index in [4.69, 9.17) is 16.3 Å². The number of carboxylic acid groups (broad SMARTS) is 1. The molecule has 7 heteroatoms. The van der Waals surface area contributed by atoms with E-state index in [-0.39, 0.29) is 5.91 Å². The number of halogens is 1. The summed E-state index contributed by atoms with van der Waals surface area (Å²) in [6.07, 6.45) is 0.635. The predicted molar refractivity (Wildman–Crippen MR) is 120 cm³/mol. The third-order valence-corrected chi connectivity index (χ3v) is 6.80. The Morgan fingerprint density at radius 1 is 1.23 bits per heavy atom. The number of aromatic nitrogens is 1. The minimum absolute atomic E-state index is 0.207. The molecule has 1 saturated heterocycles. The van der Waals surface area contributed by atoms with E-state index in [0.29, 0.717) is 30.4 Å². The van der Waals surface area contributed by atoms with Gasteiger partial charge in [-0.25, -0.2) is 0 Å². The summed E-state index contributed by atoms with van der Waals surface area (Å²) in [5.74, 6) is -1.67. The van der Waals surface area contributed by atoms with Crippen LogP contribution in [0.2, 0.25) is 5.02 Å². The number of ether oxygens (including phenoxy) is 1. The van der Waals surface area contributed by atoms with E-state index in [9.17, 15) is 14.7 Å². The number of amides is 1. The first kappa shape index (κ1) is 21.4. The van der Waals surface area contributed by atoms with Gasteiger partial charge in [-0.2, -0.15) is 0 Å². The van der Waals surface area contributed by atoms with Gasteiger partial charge in [0.1, 0.15) is 5.69 Å². The summed E-state index contributed by atoms with van der Waals surface area (Å²) in [4.78, 5) is 24.6. The lowest BCUT2D eigenvalue weighted by Crippen LogP contribution is -2.47. The molecule has 162 valence electrons. The molecule has 1 fully saturated rings. The normalized spacial score (nSPS) is 19.5. The molecule has 0 saturated carbocycles. The summed E-state index contributed by atoms with van der Waals surface area (Å²) < 4.78 is 7.50. The van der Waals surface area contributed by atoms with Gasteiger partial charge in [0.05, 0.1) is 23.1 Å². The second kappa shape index (κ2) is 8.02. The van der Waals surface area contributed by atoms with Crippen molar-refractivity contribution in [1.82, 2.24) is 9.88 Å². The van der Waals surface area contributed by atoms with E-state index in [0.717, 1.165) is 27.6 Å². The number of carbonyl (C=O) groups is 2. The molecule has 0 spiro atoms. The molecule has 0 bridgehead atoms. The smallest absolute Gasteiger partial charge is 0.310 e. The molecule has 4 rings (SSSR count). The summed E-state index contributed by atoms with van der Waals surface area (Å²) in [5, 5.41) is 13.9. The van der Waals surface area contributed by atoms with Crippen molar-refractivity contribution in [2.45, 2.75) is 31.7 Å². The lowest BCUT2D eigenvalue weighted by molar-refractivity contribution is -0.138. The lowest BCUT2D eigenvalue weighted by atomic mass is 9.87. The molecule has 1 amide bonds. The maximum Gasteiger partial charge on any atom is 0.310 e. The highest BCUT2D eigenvalue weighted by Gasteiger charge is 2.39. The van der Waals surface area contributed by atoms with Gasteiger partial charge >= 0.3 is 5.97 Å². The van der Waals surface area contributed by atoms with Crippen LogP contribution in [0.4, 0.5) is 0 Å². The van der Waals surface area contributed by atoms with E-state index >= 15 is 0 Å². The number of rotatable bonds is 5. The van der Waals surface area contributed by atoms with E-state index in [1.54, 1.807) is 19.1 Å². The number of benzene rings is 2. The number of nitrogens with one attached hydrogen (secondary N) is 1. The second-order valence-corrected chi connectivity index (χ2v) is 8.62. The van der Waals surface area contributed by atoms with E-state index < -0.39 is 17.4 Å². The number of nitrogens with zero attached hydrogens (tertiary/aromatic N) is 1. The van der Waals surface area contributed by atoms with Gasteiger partial charge in [-0.05, 0) is 42.7 Å². The molecular formula is C24H25ClN2O4. The van der Waals surface area contributed by atoms with Crippen LogP contribution in [-0.4, -0.2) is 34.8 Å². The molecule has 2 aromatic carbocycles. The molecule has 3 aromatic rings. The zero-order valence-electron chi connectivity index (χ0n) is 17.7. The molecular weight excluding hydrogens is 416 g/mol. The molecule has 1 aromatic heterocycles. The van der Waals surface area contributed by atoms with Crippen molar-refractivity contribution < 1.29 is 19.4 Å². The number of fused-ring (bicyclic) bond motifs is 1. The predicted octanol–water partition coefficient (Wildman–Crippen LogP) is 4.37. The van der Waals surface area contributed by atoms with Crippen LogP contribution in [0, 0.1) is 6.92 Å². The molecule has 2 N–H and O–H groups in total. The highest BCUT2D eigenvalue weighted by Crippen LogP contribution is 2.33. The summed E-state index contributed by atoms with van der Waals surface area (Å²) in [5.41, 5.74) is 3.32. The highest BCUT2D eigenvalue weighted by atomic mass is 35.5. The van der Waals surface area contributed by atoms with Crippen LogP contribution in [0.5, 0.6) is 0 Å². The van der Waals surface area contributed by atoms with Crippen molar-refractivity contribution in [1.29, 1.82) is 0 Å². The molecule has 2 atom stereocenters. The summed E-state index contributed by atoms with van der Waals surface area (Å²) in [6.45, 7) is 4.48. The van der Waals surface area contributed by atoms with Crippen molar-refractivity contribution in [3.63, 3.8) is 0 Å². The summed E-state index contributed by atoms with van der Waals surface area (Å²) in [6, 6.07) is 13.1. The second-order valence-electron chi connectivity index (χ2n) is 8.24. The zero-order chi connectivity index (χ0) is 22.3.